The molecule has 3 atom stereocenters. The lowest BCUT2D eigenvalue weighted by molar-refractivity contribution is -0.0329. The first-order valence-corrected chi connectivity index (χ1v) is 6.94. The summed E-state index contributed by atoms with van der Waals surface area (Å²) in [7, 11) is 0. The smallest absolute Gasteiger partial charge is 0.229 e. The Morgan fingerprint density at radius 2 is 2.11 bits per heavy atom. The summed E-state index contributed by atoms with van der Waals surface area (Å²) in [4.78, 5) is 4.36. The first-order valence-electron chi connectivity index (χ1n) is 6.94. The molecule has 0 aliphatic heterocycles. The highest BCUT2D eigenvalue weighted by Crippen LogP contribution is 2.37. The number of nitrogens with zero attached hydrogens (tertiary/aromatic N) is 2. The molecule has 0 bridgehead atoms. The molecule has 1 aromatic rings. The van der Waals surface area contributed by atoms with Crippen LogP contribution in [0.1, 0.15) is 64.6 Å². The van der Waals surface area contributed by atoms with E-state index in [-0.39, 0.29) is 5.92 Å². The van der Waals surface area contributed by atoms with Gasteiger partial charge >= 0.3 is 0 Å². The zero-order chi connectivity index (χ0) is 13.3. The van der Waals surface area contributed by atoms with E-state index in [2.05, 4.69) is 24.0 Å². The van der Waals surface area contributed by atoms with Crippen LogP contribution in [0, 0.1) is 11.8 Å². The summed E-state index contributed by atoms with van der Waals surface area (Å²) in [6, 6.07) is 0. The minimum atomic E-state index is -0.660. The van der Waals surface area contributed by atoms with Crippen molar-refractivity contribution in [1.82, 2.24) is 10.1 Å². The Balaban J connectivity index is 2.03. The molecule has 2 rings (SSSR count). The van der Waals surface area contributed by atoms with Crippen LogP contribution in [-0.4, -0.2) is 20.8 Å². The number of aromatic nitrogens is 2. The maximum atomic E-state index is 10.6. The van der Waals surface area contributed by atoms with E-state index in [0.717, 1.165) is 25.1 Å². The molecule has 1 N–H and O–H groups in total. The summed E-state index contributed by atoms with van der Waals surface area (Å²) in [6.07, 6.45) is 3.22. The third kappa shape index (κ3) is 2.91. The summed E-state index contributed by atoms with van der Waals surface area (Å²) >= 11 is 0. The molecule has 0 spiro atoms. The van der Waals surface area contributed by atoms with Crippen LogP contribution in [0.3, 0.4) is 0 Å². The quantitative estimate of drug-likeness (QED) is 0.898. The van der Waals surface area contributed by atoms with Crippen LogP contribution in [0.5, 0.6) is 0 Å². The lowest BCUT2D eigenvalue weighted by Gasteiger charge is -2.38. The molecule has 0 amide bonds. The van der Waals surface area contributed by atoms with E-state index in [0.29, 0.717) is 24.1 Å². The van der Waals surface area contributed by atoms with Gasteiger partial charge in [-0.3, -0.25) is 0 Å². The van der Waals surface area contributed by atoms with Crippen LogP contribution in [0.25, 0.3) is 0 Å². The largest absolute Gasteiger partial charge is 0.389 e. The first kappa shape index (κ1) is 13.5. The van der Waals surface area contributed by atoms with Crippen molar-refractivity contribution in [2.45, 2.75) is 64.9 Å². The van der Waals surface area contributed by atoms with Gasteiger partial charge in [0.15, 0.2) is 5.82 Å². The summed E-state index contributed by atoms with van der Waals surface area (Å²) in [5.74, 6) is 2.81. The van der Waals surface area contributed by atoms with Gasteiger partial charge in [-0.2, -0.15) is 4.98 Å². The van der Waals surface area contributed by atoms with Crippen molar-refractivity contribution >= 4 is 0 Å². The predicted octanol–water partition coefficient (Wildman–Crippen LogP) is 2.92. The molecular formula is C14H24N2O2. The van der Waals surface area contributed by atoms with Gasteiger partial charge < -0.3 is 9.63 Å². The van der Waals surface area contributed by atoms with Crippen molar-refractivity contribution in [3.8, 4) is 0 Å². The molecular weight excluding hydrogens is 228 g/mol. The van der Waals surface area contributed by atoms with Gasteiger partial charge in [-0.15, -0.1) is 0 Å². The van der Waals surface area contributed by atoms with Crippen LogP contribution in [0.4, 0.5) is 0 Å². The van der Waals surface area contributed by atoms with Gasteiger partial charge in [0.25, 0.3) is 0 Å². The fourth-order valence-corrected chi connectivity index (χ4v) is 2.70. The second-order valence-corrected chi connectivity index (χ2v) is 6.30. The van der Waals surface area contributed by atoms with Gasteiger partial charge in [0.2, 0.25) is 5.89 Å². The normalized spacial score (nSPS) is 33.0. The van der Waals surface area contributed by atoms with E-state index in [1.165, 1.54) is 0 Å². The minimum Gasteiger partial charge on any atom is -0.389 e. The van der Waals surface area contributed by atoms with E-state index in [4.69, 9.17) is 4.52 Å². The van der Waals surface area contributed by atoms with Crippen LogP contribution in [-0.2, 0) is 6.42 Å². The highest BCUT2D eigenvalue weighted by atomic mass is 16.5. The molecule has 4 heteroatoms. The molecule has 0 unspecified atom stereocenters. The van der Waals surface area contributed by atoms with Crippen LogP contribution in [0.2, 0.25) is 0 Å². The van der Waals surface area contributed by atoms with E-state index >= 15 is 0 Å². The lowest BCUT2D eigenvalue weighted by Crippen LogP contribution is -2.39. The zero-order valence-corrected chi connectivity index (χ0v) is 11.8. The number of aliphatic hydroxyl groups is 1. The van der Waals surface area contributed by atoms with Gasteiger partial charge in [-0.05, 0) is 31.1 Å². The molecule has 1 saturated carbocycles. The molecule has 18 heavy (non-hydrogen) atoms. The molecule has 4 nitrogen and oxygen atoms in total. The van der Waals surface area contributed by atoms with Crippen molar-refractivity contribution in [3.05, 3.63) is 11.7 Å². The summed E-state index contributed by atoms with van der Waals surface area (Å²) in [5.41, 5.74) is -0.660. The Morgan fingerprint density at radius 3 is 2.67 bits per heavy atom. The van der Waals surface area contributed by atoms with Gasteiger partial charge in [0.05, 0.1) is 12.0 Å². The fourth-order valence-electron chi connectivity index (χ4n) is 2.70. The van der Waals surface area contributed by atoms with E-state index in [1.54, 1.807) is 0 Å². The Hall–Kier alpha value is -0.900. The van der Waals surface area contributed by atoms with Gasteiger partial charge in [0, 0.05) is 5.92 Å². The number of rotatable bonds is 3. The van der Waals surface area contributed by atoms with Gasteiger partial charge in [-0.1, -0.05) is 32.9 Å². The number of hydrogen-bond acceptors (Lipinski definition) is 4. The Kier molecular flexibility index (Phi) is 3.76. The number of hydrogen-bond donors (Lipinski definition) is 1. The van der Waals surface area contributed by atoms with Crippen molar-refractivity contribution < 1.29 is 9.63 Å². The second kappa shape index (κ2) is 5.00. The van der Waals surface area contributed by atoms with E-state index in [9.17, 15) is 5.11 Å². The third-order valence-electron chi connectivity index (χ3n) is 4.22. The average molecular weight is 252 g/mol. The molecule has 1 fully saturated rings. The zero-order valence-electron chi connectivity index (χ0n) is 11.8. The highest BCUT2D eigenvalue weighted by Gasteiger charge is 2.37. The molecule has 1 aromatic heterocycles. The fraction of sp³-hybridized carbons (Fsp3) is 0.857. The molecule has 1 aliphatic rings. The Morgan fingerprint density at radius 1 is 1.39 bits per heavy atom. The lowest BCUT2D eigenvalue weighted by atomic mass is 9.72. The van der Waals surface area contributed by atoms with Crippen molar-refractivity contribution in [1.29, 1.82) is 0 Å². The standard InChI is InChI=1S/C14H24N2O2/c1-9(2)13-15-12(18-16-13)8-14(17)6-5-10(3)11(4)7-14/h9-11,17H,5-8H2,1-4H3/t10-,11-,14+/m1/s1. The van der Waals surface area contributed by atoms with Crippen LogP contribution < -0.4 is 0 Å². The highest BCUT2D eigenvalue weighted by molar-refractivity contribution is 4.98. The van der Waals surface area contributed by atoms with Gasteiger partial charge in [0.1, 0.15) is 0 Å². The Bertz CT molecular complexity index is 402. The topological polar surface area (TPSA) is 59.2 Å². The molecule has 102 valence electrons. The monoisotopic (exact) mass is 252 g/mol. The molecule has 0 radical (unpaired) electrons. The maximum Gasteiger partial charge on any atom is 0.229 e. The average Bonchev–Trinajstić information content (AvgIpc) is 2.72. The van der Waals surface area contributed by atoms with Crippen LogP contribution in [0.15, 0.2) is 4.52 Å². The first-order chi connectivity index (χ1) is 8.39. The second-order valence-electron chi connectivity index (χ2n) is 6.30. The van der Waals surface area contributed by atoms with Crippen molar-refractivity contribution in [2.75, 3.05) is 0 Å². The summed E-state index contributed by atoms with van der Waals surface area (Å²) in [5, 5.41) is 14.6. The van der Waals surface area contributed by atoms with Crippen molar-refractivity contribution in [2.24, 2.45) is 11.8 Å². The molecule has 0 saturated heterocycles. The molecule has 0 aromatic carbocycles. The maximum absolute atomic E-state index is 10.6. The summed E-state index contributed by atoms with van der Waals surface area (Å²) in [6.45, 7) is 8.54. The predicted molar refractivity (Wildman–Crippen MR) is 69.2 cm³/mol. The van der Waals surface area contributed by atoms with E-state index < -0.39 is 5.60 Å². The summed E-state index contributed by atoms with van der Waals surface area (Å²) < 4.78 is 5.23. The SMILES string of the molecule is CC(C)c1noc(C[C@]2(O)CC[C@@H](C)[C@H](C)C2)n1. The van der Waals surface area contributed by atoms with Crippen LogP contribution >= 0.6 is 0 Å². The third-order valence-corrected chi connectivity index (χ3v) is 4.22. The Labute approximate surface area is 109 Å². The molecule has 1 heterocycles. The van der Waals surface area contributed by atoms with E-state index in [1.807, 2.05) is 13.8 Å². The molecule has 1 aliphatic carbocycles. The van der Waals surface area contributed by atoms with Gasteiger partial charge in [-0.25, -0.2) is 0 Å². The minimum absolute atomic E-state index is 0.266. The van der Waals surface area contributed by atoms with Crippen molar-refractivity contribution in [3.63, 3.8) is 0 Å².